The molecule has 5 nitrogen and oxygen atoms in total. The lowest BCUT2D eigenvalue weighted by molar-refractivity contribution is -0.141. The van der Waals surface area contributed by atoms with Crippen LogP contribution in [0.25, 0.3) is 0 Å². The fourth-order valence-corrected chi connectivity index (χ4v) is 2.60. The molecule has 2 rings (SSSR count). The monoisotopic (exact) mass is 323 g/mol. The number of thiazole rings is 1. The summed E-state index contributed by atoms with van der Waals surface area (Å²) < 4.78 is 49.6. The molecule has 0 unspecified atom stereocenters. The van der Waals surface area contributed by atoms with E-state index in [0.717, 1.165) is 0 Å². The largest absolute Gasteiger partial charge is 0.525 e. The van der Waals surface area contributed by atoms with E-state index >= 15 is 0 Å². The van der Waals surface area contributed by atoms with Crippen molar-refractivity contribution in [1.82, 2.24) is 4.98 Å². The van der Waals surface area contributed by atoms with Crippen LogP contribution in [0.3, 0.4) is 0 Å². The summed E-state index contributed by atoms with van der Waals surface area (Å²) in [5, 5.41) is 8.88. The van der Waals surface area contributed by atoms with Gasteiger partial charge in [-0.1, -0.05) is 0 Å². The van der Waals surface area contributed by atoms with Gasteiger partial charge in [-0.2, -0.15) is 13.2 Å². The van der Waals surface area contributed by atoms with Gasteiger partial charge in [0.2, 0.25) is 0 Å². The van der Waals surface area contributed by atoms with Crippen LogP contribution in [0.1, 0.15) is 43.1 Å². The molecular formula is C11H13BF3NO4S. The molecule has 21 heavy (non-hydrogen) atoms. The van der Waals surface area contributed by atoms with E-state index in [1.807, 2.05) is 0 Å². The third-order valence-electron chi connectivity index (χ3n) is 3.56. The van der Waals surface area contributed by atoms with Gasteiger partial charge >= 0.3 is 19.3 Å². The topological polar surface area (TPSA) is 68.7 Å². The third-order valence-corrected chi connectivity index (χ3v) is 4.63. The Bertz CT molecular complexity index is 569. The molecule has 116 valence electrons. The average Bonchev–Trinajstić information content (AvgIpc) is 2.78. The lowest BCUT2D eigenvalue weighted by atomic mass is 9.90. The molecule has 1 fully saturated rings. The maximum Gasteiger partial charge on any atom is 0.525 e. The number of carboxylic acids is 1. The SMILES string of the molecule is CC1(C)OB(c2nc(C(F)(F)F)c(C(=O)O)s2)OC1(C)C. The minimum atomic E-state index is -4.84. The van der Waals surface area contributed by atoms with Gasteiger partial charge in [0.25, 0.3) is 0 Å². The molecule has 0 aliphatic carbocycles. The minimum absolute atomic E-state index is 0.154. The molecule has 1 aromatic heterocycles. The van der Waals surface area contributed by atoms with Crippen LogP contribution in [0.4, 0.5) is 13.2 Å². The van der Waals surface area contributed by atoms with Crippen LogP contribution in [0.2, 0.25) is 0 Å². The number of halogens is 3. The van der Waals surface area contributed by atoms with E-state index in [9.17, 15) is 18.0 Å². The number of rotatable bonds is 2. The zero-order valence-electron chi connectivity index (χ0n) is 11.7. The maximum absolute atomic E-state index is 12.8. The van der Waals surface area contributed by atoms with Crippen molar-refractivity contribution in [3.05, 3.63) is 10.6 Å². The summed E-state index contributed by atoms with van der Waals surface area (Å²) in [4.78, 5) is 13.3. The van der Waals surface area contributed by atoms with Crippen molar-refractivity contribution in [2.75, 3.05) is 0 Å². The first-order chi connectivity index (χ1) is 9.35. The van der Waals surface area contributed by atoms with Gasteiger partial charge < -0.3 is 14.4 Å². The first kappa shape index (κ1) is 16.2. The van der Waals surface area contributed by atoms with E-state index in [1.165, 1.54) is 0 Å². The lowest BCUT2D eigenvalue weighted by Gasteiger charge is -2.32. The number of hydrogen-bond acceptors (Lipinski definition) is 5. The van der Waals surface area contributed by atoms with E-state index in [4.69, 9.17) is 14.4 Å². The van der Waals surface area contributed by atoms with Gasteiger partial charge in [-0.3, -0.25) is 0 Å². The molecule has 1 saturated heterocycles. The third kappa shape index (κ3) is 2.79. The summed E-state index contributed by atoms with van der Waals surface area (Å²) in [5.41, 5.74) is -2.92. The molecule has 1 aliphatic heterocycles. The highest BCUT2D eigenvalue weighted by Gasteiger charge is 2.54. The van der Waals surface area contributed by atoms with Crippen LogP contribution < -0.4 is 4.91 Å². The Labute approximate surface area is 123 Å². The van der Waals surface area contributed by atoms with Gasteiger partial charge in [-0.25, -0.2) is 9.78 Å². The van der Waals surface area contributed by atoms with E-state index < -0.39 is 41.0 Å². The molecule has 0 spiro atoms. The minimum Gasteiger partial charge on any atom is -0.477 e. The van der Waals surface area contributed by atoms with Crippen molar-refractivity contribution in [2.45, 2.75) is 45.1 Å². The highest BCUT2D eigenvalue weighted by molar-refractivity contribution is 7.23. The second-order valence-electron chi connectivity index (χ2n) is 5.62. The van der Waals surface area contributed by atoms with Gasteiger partial charge in [0.15, 0.2) is 5.69 Å². The summed E-state index contributed by atoms with van der Waals surface area (Å²) in [6.07, 6.45) is -4.84. The summed E-state index contributed by atoms with van der Waals surface area (Å²) >= 11 is 0.413. The second-order valence-corrected chi connectivity index (χ2v) is 6.65. The number of aromatic carboxylic acids is 1. The standard InChI is InChI=1S/C11H13BF3NO4S/c1-9(2)10(3,4)20-12(19-9)8-16-6(11(13,14)15)5(21-8)7(17)18/h1-4H3,(H,17,18). The molecule has 0 amide bonds. The number of aromatic nitrogens is 1. The molecule has 0 radical (unpaired) electrons. The molecule has 0 bridgehead atoms. The van der Waals surface area contributed by atoms with Gasteiger partial charge in [-0.15, -0.1) is 11.3 Å². The summed E-state index contributed by atoms with van der Waals surface area (Å²) in [6, 6.07) is 0. The number of carbonyl (C=O) groups is 1. The quantitative estimate of drug-likeness (QED) is 0.845. The van der Waals surface area contributed by atoms with Crippen LogP contribution in [0.5, 0.6) is 0 Å². The molecule has 0 saturated carbocycles. The van der Waals surface area contributed by atoms with E-state index in [0.29, 0.717) is 11.3 Å². The summed E-state index contributed by atoms with van der Waals surface area (Å²) in [6.45, 7) is 6.96. The molecular weight excluding hydrogens is 310 g/mol. The van der Waals surface area contributed by atoms with E-state index in [-0.39, 0.29) is 4.91 Å². The fraction of sp³-hybridized carbons (Fsp3) is 0.636. The Morgan fingerprint density at radius 2 is 1.71 bits per heavy atom. The molecule has 1 N–H and O–H groups in total. The van der Waals surface area contributed by atoms with Gasteiger partial charge in [-0.05, 0) is 27.7 Å². The van der Waals surface area contributed by atoms with Crippen molar-refractivity contribution in [3.8, 4) is 0 Å². The van der Waals surface area contributed by atoms with Crippen LogP contribution in [0, 0.1) is 0 Å². The van der Waals surface area contributed by atoms with Crippen molar-refractivity contribution in [1.29, 1.82) is 0 Å². The first-order valence-corrected chi connectivity index (χ1v) is 6.83. The van der Waals surface area contributed by atoms with Crippen LogP contribution in [0.15, 0.2) is 0 Å². The number of nitrogens with zero attached hydrogens (tertiary/aromatic N) is 1. The zero-order valence-corrected chi connectivity index (χ0v) is 12.6. The Morgan fingerprint density at radius 1 is 1.24 bits per heavy atom. The Balaban J connectivity index is 2.42. The predicted molar refractivity (Wildman–Crippen MR) is 69.8 cm³/mol. The normalized spacial score (nSPS) is 20.8. The summed E-state index contributed by atoms with van der Waals surface area (Å²) in [5.74, 6) is -1.68. The average molecular weight is 323 g/mol. The molecule has 1 aliphatic rings. The van der Waals surface area contributed by atoms with Crippen molar-refractivity contribution < 1.29 is 32.4 Å². The van der Waals surface area contributed by atoms with Crippen LogP contribution in [-0.2, 0) is 15.5 Å². The van der Waals surface area contributed by atoms with Crippen molar-refractivity contribution in [2.24, 2.45) is 0 Å². The second kappa shape index (κ2) is 4.69. The van der Waals surface area contributed by atoms with E-state index in [1.54, 1.807) is 27.7 Å². The van der Waals surface area contributed by atoms with Gasteiger partial charge in [0, 0.05) is 0 Å². The smallest absolute Gasteiger partial charge is 0.477 e. The Hall–Kier alpha value is -1.13. The number of hydrogen-bond donors (Lipinski definition) is 1. The predicted octanol–water partition coefficient (Wildman–Crippen LogP) is 2.16. The molecule has 1 aromatic rings. The van der Waals surface area contributed by atoms with Gasteiger partial charge in [0.05, 0.1) is 11.2 Å². The van der Waals surface area contributed by atoms with Crippen LogP contribution in [-0.4, -0.2) is 34.4 Å². The highest BCUT2D eigenvalue weighted by Crippen LogP contribution is 2.38. The fourth-order valence-electron chi connectivity index (χ4n) is 1.72. The summed E-state index contributed by atoms with van der Waals surface area (Å²) in [7, 11) is -1.12. The zero-order chi connectivity index (χ0) is 16.2. The molecule has 2 heterocycles. The highest BCUT2D eigenvalue weighted by atomic mass is 32.1. The maximum atomic E-state index is 12.8. The molecule has 0 atom stereocenters. The lowest BCUT2D eigenvalue weighted by Crippen LogP contribution is -2.41. The van der Waals surface area contributed by atoms with E-state index in [2.05, 4.69) is 4.98 Å². The van der Waals surface area contributed by atoms with Crippen molar-refractivity contribution in [3.63, 3.8) is 0 Å². The number of carboxylic acid groups (broad SMARTS) is 1. The van der Waals surface area contributed by atoms with Gasteiger partial charge in [0.1, 0.15) is 9.78 Å². The Morgan fingerprint density at radius 3 is 2.05 bits per heavy atom. The first-order valence-electron chi connectivity index (χ1n) is 6.02. The molecule has 0 aromatic carbocycles. The van der Waals surface area contributed by atoms with Crippen molar-refractivity contribution >= 4 is 29.3 Å². The molecule has 10 heteroatoms. The van der Waals surface area contributed by atoms with Crippen LogP contribution >= 0.6 is 11.3 Å². The Kier molecular flexibility index (Phi) is 3.63. The number of alkyl halides is 3.